The number of hydrogen-bond donors (Lipinski definition) is 1. The first kappa shape index (κ1) is 9.77. The first-order valence-electron chi connectivity index (χ1n) is 5.12. The van der Waals surface area contributed by atoms with Crippen LogP contribution >= 0.6 is 0 Å². The number of carbonyl (C=O) groups is 1. The van der Waals surface area contributed by atoms with Crippen LogP contribution in [-0.2, 0) is 6.54 Å². The van der Waals surface area contributed by atoms with E-state index in [2.05, 4.69) is 11.4 Å². The molecule has 0 saturated carbocycles. The number of amides is 2. The van der Waals surface area contributed by atoms with Crippen LogP contribution in [0.1, 0.15) is 18.1 Å². The van der Waals surface area contributed by atoms with Crippen LogP contribution in [0.15, 0.2) is 30.5 Å². The molecule has 0 saturated heterocycles. The first-order valence-corrected chi connectivity index (χ1v) is 5.12. The van der Waals surface area contributed by atoms with E-state index in [-0.39, 0.29) is 6.03 Å². The molecule has 1 aliphatic rings. The molecular formula is C12H14N2O. The molecule has 0 aromatic heterocycles. The fourth-order valence-electron chi connectivity index (χ4n) is 1.64. The smallest absolute Gasteiger partial charge is 0.321 e. The van der Waals surface area contributed by atoms with Crippen molar-refractivity contribution < 1.29 is 4.79 Å². The Morgan fingerprint density at radius 1 is 1.47 bits per heavy atom. The van der Waals surface area contributed by atoms with Gasteiger partial charge in [0.2, 0.25) is 0 Å². The van der Waals surface area contributed by atoms with Gasteiger partial charge < -0.3 is 5.32 Å². The number of benzene rings is 1. The Kier molecular flexibility index (Phi) is 2.72. The maximum Gasteiger partial charge on any atom is 0.321 e. The van der Waals surface area contributed by atoms with Crippen molar-refractivity contribution in [2.75, 3.05) is 6.54 Å². The van der Waals surface area contributed by atoms with Crippen molar-refractivity contribution in [2.24, 2.45) is 0 Å². The third-order valence-corrected chi connectivity index (χ3v) is 2.42. The van der Waals surface area contributed by atoms with Crippen LogP contribution in [-0.4, -0.2) is 17.5 Å². The Labute approximate surface area is 89.4 Å². The van der Waals surface area contributed by atoms with E-state index in [1.807, 2.05) is 37.4 Å². The van der Waals surface area contributed by atoms with Crippen molar-refractivity contribution in [3.05, 3.63) is 41.6 Å². The second-order valence-corrected chi connectivity index (χ2v) is 3.48. The molecule has 0 spiro atoms. The summed E-state index contributed by atoms with van der Waals surface area (Å²) >= 11 is 0. The second-order valence-electron chi connectivity index (χ2n) is 3.48. The molecule has 2 amide bonds. The molecule has 1 N–H and O–H groups in total. The van der Waals surface area contributed by atoms with Gasteiger partial charge in [0.25, 0.3) is 0 Å². The first-order chi connectivity index (χ1) is 7.31. The molecule has 1 aromatic carbocycles. The fraction of sp³-hybridized carbons (Fsp3) is 0.250. The molecule has 1 heterocycles. The summed E-state index contributed by atoms with van der Waals surface area (Å²) in [6.45, 7) is 3.23. The third-order valence-electron chi connectivity index (χ3n) is 2.42. The Hall–Kier alpha value is -1.77. The molecular weight excluding hydrogens is 188 g/mol. The molecule has 3 heteroatoms. The van der Waals surface area contributed by atoms with Crippen molar-refractivity contribution in [1.82, 2.24) is 10.2 Å². The number of rotatable bonds is 1. The van der Waals surface area contributed by atoms with Crippen LogP contribution in [0.5, 0.6) is 0 Å². The molecule has 0 fully saturated rings. The second kappa shape index (κ2) is 4.17. The van der Waals surface area contributed by atoms with Crippen molar-refractivity contribution in [1.29, 1.82) is 0 Å². The summed E-state index contributed by atoms with van der Waals surface area (Å²) in [5, 5.41) is 2.78. The molecule has 0 unspecified atom stereocenters. The molecule has 0 atom stereocenters. The average Bonchev–Trinajstić information content (AvgIpc) is 2.29. The zero-order valence-electron chi connectivity index (χ0n) is 8.73. The molecule has 0 radical (unpaired) electrons. The lowest BCUT2D eigenvalue weighted by Gasteiger charge is -2.23. The van der Waals surface area contributed by atoms with Gasteiger partial charge in [0.15, 0.2) is 0 Å². The largest absolute Gasteiger partial charge is 0.338 e. The number of carbonyl (C=O) groups excluding carboxylic acids is 1. The van der Waals surface area contributed by atoms with Crippen molar-refractivity contribution >= 4 is 12.1 Å². The molecule has 78 valence electrons. The van der Waals surface area contributed by atoms with Gasteiger partial charge in [-0.1, -0.05) is 24.3 Å². The van der Waals surface area contributed by atoms with Gasteiger partial charge in [0.1, 0.15) is 0 Å². The van der Waals surface area contributed by atoms with Crippen molar-refractivity contribution in [3.8, 4) is 0 Å². The van der Waals surface area contributed by atoms with E-state index in [0.717, 1.165) is 0 Å². The molecule has 3 nitrogen and oxygen atoms in total. The maximum atomic E-state index is 11.6. The van der Waals surface area contributed by atoms with Crippen LogP contribution in [0.4, 0.5) is 4.79 Å². The zero-order chi connectivity index (χ0) is 10.7. The lowest BCUT2D eigenvalue weighted by molar-refractivity contribution is 0.214. The Balaban J connectivity index is 2.15. The predicted octanol–water partition coefficient (Wildman–Crippen LogP) is 2.20. The molecule has 1 aromatic rings. The van der Waals surface area contributed by atoms with Gasteiger partial charge in [-0.25, -0.2) is 4.79 Å². The normalized spacial score (nSPS) is 13.5. The van der Waals surface area contributed by atoms with Gasteiger partial charge in [-0.2, -0.15) is 0 Å². The van der Waals surface area contributed by atoms with Crippen LogP contribution in [0.3, 0.4) is 0 Å². The Morgan fingerprint density at radius 2 is 2.27 bits per heavy atom. The Morgan fingerprint density at radius 3 is 3.07 bits per heavy atom. The van der Waals surface area contributed by atoms with Crippen LogP contribution in [0, 0.1) is 0 Å². The van der Waals surface area contributed by atoms with E-state index in [1.165, 1.54) is 11.1 Å². The van der Waals surface area contributed by atoms with Gasteiger partial charge >= 0.3 is 6.03 Å². The number of hydrogen-bond acceptors (Lipinski definition) is 1. The minimum absolute atomic E-state index is 0.0387. The summed E-state index contributed by atoms with van der Waals surface area (Å²) in [6, 6.07) is 8.06. The van der Waals surface area contributed by atoms with E-state index in [1.54, 1.807) is 4.90 Å². The predicted molar refractivity (Wildman–Crippen MR) is 60.1 cm³/mol. The van der Waals surface area contributed by atoms with Crippen LogP contribution in [0.2, 0.25) is 0 Å². The lowest BCUT2D eigenvalue weighted by atomic mass is 10.0. The third kappa shape index (κ3) is 2.01. The summed E-state index contributed by atoms with van der Waals surface area (Å²) < 4.78 is 0. The molecule has 1 aliphatic heterocycles. The highest BCUT2D eigenvalue weighted by molar-refractivity contribution is 5.77. The molecule has 0 bridgehead atoms. The van der Waals surface area contributed by atoms with E-state index < -0.39 is 0 Å². The summed E-state index contributed by atoms with van der Waals surface area (Å²) in [4.78, 5) is 13.3. The highest BCUT2D eigenvalue weighted by Gasteiger charge is 2.14. The molecule has 15 heavy (non-hydrogen) atoms. The highest BCUT2D eigenvalue weighted by Crippen LogP contribution is 2.18. The number of fused-ring (bicyclic) bond motifs is 1. The quantitative estimate of drug-likeness (QED) is 0.744. The minimum atomic E-state index is -0.0387. The maximum absolute atomic E-state index is 11.6. The van der Waals surface area contributed by atoms with Crippen LogP contribution in [0.25, 0.3) is 6.08 Å². The summed E-state index contributed by atoms with van der Waals surface area (Å²) in [5.74, 6) is 0. The molecule has 0 aliphatic carbocycles. The minimum Gasteiger partial charge on any atom is -0.338 e. The van der Waals surface area contributed by atoms with Gasteiger partial charge in [0, 0.05) is 12.7 Å². The summed E-state index contributed by atoms with van der Waals surface area (Å²) in [6.07, 6.45) is 3.79. The van der Waals surface area contributed by atoms with E-state index >= 15 is 0 Å². The van der Waals surface area contributed by atoms with E-state index in [0.29, 0.717) is 13.1 Å². The van der Waals surface area contributed by atoms with Gasteiger partial charge in [-0.05, 0) is 24.1 Å². The molecule has 2 rings (SSSR count). The lowest BCUT2D eigenvalue weighted by Crippen LogP contribution is -2.36. The highest BCUT2D eigenvalue weighted by atomic mass is 16.2. The Bertz CT molecular complexity index is 398. The average molecular weight is 202 g/mol. The monoisotopic (exact) mass is 202 g/mol. The number of urea groups is 1. The van der Waals surface area contributed by atoms with E-state index in [9.17, 15) is 4.79 Å². The topological polar surface area (TPSA) is 32.3 Å². The fourth-order valence-corrected chi connectivity index (χ4v) is 1.64. The zero-order valence-corrected chi connectivity index (χ0v) is 8.73. The number of nitrogens with one attached hydrogen (secondary N) is 1. The summed E-state index contributed by atoms with van der Waals surface area (Å²) in [5.41, 5.74) is 2.38. The van der Waals surface area contributed by atoms with Gasteiger partial charge in [-0.15, -0.1) is 0 Å². The number of nitrogens with zero attached hydrogens (tertiary/aromatic N) is 1. The van der Waals surface area contributed by atoms with Gasteiger partial charge in [-0.3, -0.25) is 4.90 Å². The summed E-state index contributed by atoms with van der Waals surface area (Å²) in [7, 11) is 0. The van der Waals surface area contributed by atoms with E-state index in [4.69, 9.17) is 0 Å². The standard InChI is InChI=1S/C12H14N2O/c1-2-13-12(15)14-8-7-10-5-3-4-6-11(10)9-14/h3-8H,2,9H2,1H3,(H,13,15). The SMILES string of the molecule is CCNC(=O)N1C=Cc2ccccc2C1. The van der Waals surface area contributed by atoms with Crippen molar-refractivity contribution in [3.63, 3.8) is 0 Å². The van der Waals surface area contributed by atoms with Crippen molar-refractivity contribution in [2.45, 2.75) is 13.5 Å². The van der Waals surface area contributed by atoms with Gasteiger partial charge in [0.05, 0.1) is 6.54 Å². The van der Waals surface area contributed by atoms with Crippen LogP contribution < -0.4 is 5.32 Å².